The second kappa shape index (κ2) is 7.94. The van der Waals surface area contributed by atoms with Crippen molar-refractivity contribution in [2.24, 2.45) is 0 Å². The first-order chi connectivity index (χ1) is 13.2. The van der Waals surface area contributed by atoms with Crippen LogP contribution in [-0.4, -0.2) is 46.4 Å². The van der Waals surface area contributed by atoms with Crippen molar-refractivity contribution in [3.05, 3.63) is 65.0 Å². The molecule has 0 radical (unpaired) electrons. The smallest absolute Gasteiger partial charge is 0.344 e. The molecule has 2 aromatic carbocycles. The first-order valence-electron chi connectivity index (χ1n) is 9.60. The van der Waals surface area contributed by atoms with Crippen molar-refractivity contribution in [2.75, 3.05) is 46.4 Å². The fourth-order valence-corrected chi connectivity index (χ4v) is 3.59. The quantitative estimate of drug-likeness (QED) is 0.637. The Morgan fingerprint density at radius 1 is 1.00 bits per heavy atom. The van der Waals surface area contributed by atoms with Gasteiger partial charge in [-0.2, -0.15) is 0 Å². The molecule has 1 fully saturated rings. The maximum absolute atomic E-state index is 12.4. The summed E-state index contributed by atoms with van der Waals surface area (Å²) in [5.74, 6) is 0.747. The number of likely N-dealkylation sites (N-methyl/N-ethyl adjacent to an activating group) is 1. The van der Waals surface area contributed by atoms with E-state index in [0.29, 0.717) is 17.8 Å². The summed E-state index contributed by atoms with van der Waals surface area (Å²) < 4.78 is 11.5. The minimum Gasteiger partial charge on any atom is -0.488 e. The molecule has 140 valence electrons. The minimum atomic E-state index is -0.324. The van der Waals surface area contributed by atoms with Gasteiger partial charge < -0.3 is 19.0 Å². The third-order valence-corrected chi connectivity index (χ3v) is 5.33. The minimum absolute atomic E-state index is 0.324. The lowest BCUT2D eigenvalue weighted by atomic mass is 10.1. The Morgan fingerprint density at radius 2 is 1.78 bits per heavy atom. The SMILES string of the molecule is C[NH+]1CC[NH+](CCOc2ccc3cc(-c4ccccc4)c(=O)oc3c2)CC1. The predicted octanol–water partition coefficient (Wildman–Crippen LogP) is 0.252. The average Bonchev–Trinajstić information content (AvgIpc) is 2.69. The van der Waals surface area contributed by atoms with E-state index in [2.05, 4.69) is 7.05 Å². The number of ether oxygens (including phenoxy) is 1. The van der Waals surface area contributed by atoms with Crippen molar-refractivity contribution in [3.63, 3.8) is 0 Å². The van der Waals surface area contributed by atoms with Crippen LogP contribution in [0.15, 0.2) is 63.8 Å². The topological polar surface area (TPSA) is 48.3 Å². The van der Waals surface area contributed by atoms with Gasteiger partial charge >= 0.3 is 5.63 Å². The third-order valence-electron chi connectivity index (χ3n) is 5.33. The summed E-state index contributed by atoms with van der Waals surface area (Å²) in [5, 5.41) is 0.897. The van der Waals surface area contributed by atoms with Crippen molar-refractivity contribution >= 4 is 11.0 Å². The normalized spacial score (nSPS) is 19.9. The molecule has 4 rings (SSSR count). The lowest BCUT2D eigenvalue weighted by molar-refractivity contribution is -1.00. The standard InChI is InChI=1S/C22H24N2O3/c1-23-9-11-24(12-10-23)13-14-26-19-8-7-18-15-20(17-5-3-2-4-6-17)22(25)27-21(18)16-19/h2-8,15-16H,9-14H2,1H3/p+2. The summed E-state index contributed by atoms with van der Waals surface area (Å²) in [6, 6.07) is 17.2. The summed E-state index contributed by atoms with van der Waals surface area (Å²) in [7, 11) is 2.25. The molecule has 0 unspecified atom stereocenters. The van der Waals surface area contributed by atoms with E-state index in [4.69, 9.17) is 9.15 Å². The highest BCUT2D eigenvalue weighted by molar-refractivity contribution is 5.82. The summed E-state index contributed by atoms with van der Waals surface area (Å²) >= 11 is 0. The van der Waals surface area contributed by atoms with Gasteiger partial charge in [-0.05, 0) is 23.8 Å². The molecule has 5 nitrogen and oxygen atoms in total. The zero-order valence-electron chi connectivity index (χ0n) is 15.7. The Morgan fingerprint density at radius 3 is 2.56 bits per heavy atom. The van der Waals surface area contributed by atoms with E-state index < -0.39 is 0 Å². The van der Waals surface area contributed by atoms with Crippen LogP contribution in [0.3, 0.4) is 0 Å². The van der Waals surface area contributed by atoms with E-state index in [0.717, 1.165) is 23.2 Å². The zero-order valence-corrected chi connectivity index (χ0v) is 15.7. The summed E-state index contributed by atoms with van der Waals surface area (Å²) in [6.07, 6.45) is 0. The van der Waals surface area contributed by atoms with Crippen LogP contribution in [0.2, 0.25) is 0 Å². The lowest BCUT2D eigenvalue weighted by Gasteiger charge is -2.27. The van der Waals surface area contributed by atoms with E-state index in [1.54, 1.807) is 9.80 Å². The molecule has 0 saturated carbocycles. The van der Waals surface area contributed by atoms with Gasteiger partial charge in [-0.1, -0.05) is 30.3 Å². The van der Waals surface area contributed by atoms with Crippen LogP contribution in [-0.2, 0) is 0 Å². The molecule has 5 heteroatoms. The Balaban J connectivity index is 1.45. The summed E-state index contributed by atoms with van der Waals surface area (Å²) in [6.45, 7) is 6.52. The molecule has 27 heavy (non-hydrogen) atoms. The molecule has 0 aliphatic carbocycles. The van der Waals surface area contributed by atoms with Gasteiger partial charge in [0.25, 0.3) is 0 Å². The molecular formula is C22H26N2O3+2. The van der Waals surface area contributed by atoms with E-state index in [1.165, 1.54) is 26.2 Å². The highest BCUT2D eigenvalue weighted by Crippen LogP contribution is 2.24. The van der Waals surface area contributed by atoms with E-state index in [1.807, 2.05) is 54.6 Å². The number of hydrogen-bond acceptors (Lipinski definition) is 3. The highest BCUT2D eigenvalue weighted by atomic mass is 16.5. The average molecular weight is 366 g/mol. The van der Waals surface area contributed by atoms with Crippen molar-refractivity contribution < 1.29 is 19.0 Å². The van der Waals surface area contributed by atoms with Gasteiger partial charge in [0.05, 0.1) is 12.6 Å². The molecule has 3 aromatic rings. The number of rotatable bonds is 5. The van der Waals surface area contributed by atoms with Crippen molar-refractivity contribution in [1.29, 1.82) is 0 Å². The van der Waals surface area contributed by atoms with Crippen molar-refractivity contribution in [1.82, 2.24) is 0 Å². The van der Waals surface area contributed by atoms with Crippen molar-refractivity contribution in [2.45, 2.75) is 0 Å². The molecule has 1 aliphatic rings. The van der Waals surface area contributed by atoms with Crippen LogP contribution in [0.1, 0.15) is 0 Å². The van der Waals surface area contributed by atoms with Crippen LogP contribution in [0.4, 0.5) is 0 Å². The lowest BCUT2D eigenvalue weighted by Crippen LogP contribution is -3.27. The van der Waals surface area contributed by atoms with Crippen LogP contribution < -0.4 is 20.2 Å². The maximum Gasteiger partial charge on any atom is 0.344 e. The van der Waals surface area contributed by atoms with Gasteiger partial charge in [-0.15, -0.1) is 0 Å². The van der Waals surface area contributed by atoms with Gasteiger partial charge in [-0.3, -0.25) is 0 Å². The number of nitrogens with one attached hydrogen (secondary N) is 2. The molecule has 0 atom stereocenters. The second-order valence-electron chi connectivity index (χ2n) is 7.32. The molecule has 1 saturated heterocycles. The fourth-order valence-electron chi connectivity index (χ4n) is 3.59. The molecule has 2 N–H and O–H groups in total. The number of fused-ring (bicyclic) bond motifs is 1. The third kappa shape index (κ3) is 4.21. The number of quaternary nitrogens is 2. The first kappa shape index (κ1) is 17.8. The summed E-state index contributed by atoms with van der Waals surface area (Å²) in [5.41, 5.74) is 1.69. The molecule has 0 spiro atoms. The van der Waals surface area contributed by atoms with Crippen LogP contribution >= 0.6 is 0 Å². The predicted molar refractivity (Wildman–Crippen MR) is 106 cm³/mol. The Bertz CT molecular complexity index is 960. The fraction of sp³-hybridized carbons (Fsp3) is 0.318. The van der Waals surface area contributed by atoms with Crippen LogP contribution in [0, 0.1) is 0 Å². The number of hydrogen-bond donors (Lipinski definition) is 2. The summed E-state index contributed by atoms with van der Waals surface area (Å²) in [4.78, 5) is 15.6. The monoisotopic (exact) mass is 366 g/mol. The highest BCUT2D eigenvalue weighted by Gasteiger charge is 2.19. The van der Waals surface area contributed by atoms with Gasteiger partial charge in [0.2, 0.25) is 0 Å². The Kier molecular flexibility index (Phi) is 5.23. The van der Waals surface area contributed by atoms with E-state index in [-0.39, 0.29) is 5.63 Å². The number of benzene rings is 2. The van der Waals surface area contributed by atoms with Gasteiger partial charge in [0.1, 0.15) is 50.7 Å². The molecule has 0 bridgehead atoms. The zero-order chi connectivity index (χ0) is 18.6. The van der Waals surface area contributed by atoms with Crippen LogP contribution in [0.5, 0.6) is 5.75 Å². The molecule has 1 aliphatic heterocycles. The van der Waals surface area contributed by atoms with Gasteiger partial charge in [0, 0.05) is 11.5 Å². The molecule has 1 aromatic heterocycles. The number of piperazine rings is 1. The van der Waals surface area contributed by atoms with Gasteiger partial charge in [-0.25, -0.2) is 4.79 Å². The van der Waals surface area contributed by atoms with E-state index in [9.17, 15) is 4.79 Å². The molecular weight excluding hydrogens is 340 g/mol. The maximum atomic E-state index is 12.4. The molecule has 0 amide bonds. The first-order valence-corrected chi connectivity index (χ1v) is 9.60. The largest absolute Gasteiger partial charge is 0.488 e. The van der Waals surface area contributed by atoms with Gasteiger partial charge in [0.15, 0.2) is 0 Å². The van der Waals surface area contributed by atoms with E-state index >= 15 is 0 Å². The van der Waals surface area contributed by atoms with Crippen molar-refractivity contribution in [3.8, 4) is 16.9 Å². The Labute approximate surface area is 158 Å². The Hall–Kier alpha value is -2.63. The molecule has 2 heterocycles. The second-order valence-corrected chi connectivity index (χ2v) is 7.32. The van der Waals surface area contributed by atoms with Crippen LogP contribution in [0.25, 0.3) is 22.1 Å².